The summed E-state index contributed by atoms with van der Waals surface area (Å²) in [5.41, 5.74) is -0.449. The lowest BCUT2D eigenvalue weighted by Crippen LogP contribution is -2.43. The maximum absolute atomic E-state index is 11.7. The van der Waals surface area contributed by atoms with Gasteiger partial charge in [-0.1, -0.05) is 0 Å². The number of nitrogens with one attached hydrogen (secondary N) is 3. The second-order valence-corrected chi connectivity index (χ2v) is 5.94. The second kappa shape index (κ2) is 5.03. The monoisotopic (exact) mass is 264 g/mol. The van der Waals surface area contributed by atoms with Crippen molar-refractivity contribution in [2.45, 2.75) is 45.1 Å². The lowest BCUT2D eigenvalue weighted by atomic mass is 10.1. The first-order valence-electron chi connectivity index (χ1n) is 6.50. The molecule has 6 nitrogen and oxygen atoms in total. The average Bonchev–Trinajstić information content (AvgIpc) is 3.07. The quantitative estimate of drug-likeness (QED) is 0.756. The maximum atomic E-state index is 11.7. The first kappa shape index (κ1) is 13.6. The summed E-state index contributed by atoms with van der Waals surface area (Å²) < 4.78 is 0. The van der Waals surface area contributed by atoms with E-state index in [-0.39, 0.29) is 23.6 Å². The first-order chi connectivity index (χ1) is 8.83. The minimum Gasteiger partial charge on any atom is -0.361 e. The van der Waals surface area contributed by atoms with Crippen LogP contribution in [0.3, 0.4) is 0 Å². The Morgan fingerprint density at radius 3 is 2.74 bits per heavy atom. The molecule has 0 saturated heterocycles. The van der Waals surface area contributed by atoms with Crippen LogP contribution in [0.5, 0.6) is 0 Å². The summed E-state index contributed by atoms with van der Waals surface area (Å²) in [5, 5.41) is 5.73. The van der Waals surface area contributed by atoms with Gasteiger partial charge in [-0.2, -0.15) is 0 Å². The van der Waals surface area contributed by atoms with Crippen molar-refractivity contribution in [1.82, 2.24) is 15.3 Å². The van der Waals surface area contributed by atoms with Gasteiger partial charge in [0.1, 0.15) is 11.6 Å². The first-order valence-corrected chi connectivity index (χ1v) is 6.50. The van der Waals surface area contributed by atoms with Crippen molar-refractivity contribution in [3.63, 3.8) is 0 Å². The molecular formula is C13H20N4O2. The molecule has 2 rings (SSSR count). The van der Waals surface area contributed by atoms with E-state index >= 15 is 0 Å². The van der Waals surface area contributed by atoms with Crippen LogP contribution in [0.15, 0.2) is 10.9 Å². The zero-order valence-corrected chi connectivity index (χ0v) is 11.5. The molecule has 0 bridgehead atoms. The van der Waals surface area contributed by atoms with Crippen molar-refractivity contribution in [2.75, 3.05) is 11.9 Å². The third kappa shape index (κ3) is 4.39. The second-order valence-electron chi connectivity index (χ2n) is 5.94. The van der Waals surface area contributed by atoms with Crippen LogP contribution in [0.1, 0.15) is 45.4 Å². The molecular weight excluding hydrogens is 244 g/mol. The van der Waals surface area contributed by atoms with E-state index in [2.05, 4.69) is 20.6 Å². The third-order valence-corrected chi connectivity index (χ3v) is 2.67. The molecule has 1 aromatic rings. The van der Waals surface area contributed by atoms with E-state index in [0.717, 1.165) is 12.8 Å². The van der Waals surface area contributed by atoms with Crippen molar-refractivity contribution in [3.8, 4) is 0 Å². The van der Waals surface area contributed by atoms with Crippen molar-refractivity contribution in [1.29, 1.82) is 0 Å². The molecule has 1 heterocycles. The lowest BCUT2D eigenvalue weighted by molar-refractivity contribution is -0.120. The molecule has 1 saturated carbocycles. The predicted molar refractivity (Wildman–Crippen MR) is 73.2 cm³/mol. The minimum absolute atomic E-state index is 0.109. The van der Waals surface area contributed by atoms with Gasteiger partial charge in [0.15, 0.2) is 0 Å². The fraction of sp³-hybridized carbons (Fsp3) is 0.615. The van der Waals surface area contributed by atoms with E-state index < -0.39 is 0 Å². The largest absolute Gasteiger partial charge is 0.361 e. The molecule has 0 radical (unpaired) electrons. The molecule has 0 aromatic carbocycles. The van der Waals surface area contributed by atoms with Crippen LogP contribution in [0.2, 0.25) is 0 Å². The Hall–Kier alpha value is -1.85. The van der Waals surface area contributed by atoms with E-state index in [1.807, 2.05) is 20.8 Å². The van der Waals surface area contributed by atoms with Gasteiger partial charge in [-0.05, 0) is 33.6 Å². The van der Waals surface area contributed by atoms with Crippen LogP contribution in [0.4, 0.5) is 5.82 Å². The van der Waals surface area contributed by atoms with Crippen molar-refractivity contribution < 1.29 is 4.79 Å². The Labute approximate surface area is 112 Å². The number of rotatable bonds is 4. The number of nitrogens with zero attached hydrogens (tertiary/aromatic N) is 1. The topological polar surface area (TPSA) is 86.9 Å². The highest BCUT2D eigenvalue weighted by molar-refractivity contribution is 5.80. The van der Waals surface area contributed by atoms with Gasteiger partial charge in [-0.15, -0.1) is 0 Å². The molecule has 1 aromatic heterocycles. The Balaban J connectivity index is 1.96. The lowest BCUT2D eigenvalue weighted by Gasteiger charge is -2.20. The smallest absolute Gasteiger partial charge is 0.252 e. The standard InChI is InChI=1S/C13H20N4O2/c1-13(2,3)17-11(19)7-14-9-6-10(18)16-12(15-9)8-4-5-8/h6,8H,4-5,7H2,1-3H3,(H,17,19)(H2,14,15,16,18). The fourth-order valence-corrected chi connectivity index (χ4v) is 1.75. The molecule has 0 aliphatic heterocycles. The molecule has 1 fully saturated rings. The molecule has 1 amide bonds. The van der Waals surface area contributed by atoms with Crippen LogP contribution in [-0.2, 0) is 4.79 Å². The van der Waals surface area contributed by atoms with Crippen molar-refractivity contribution in [2.24, 2.45) is 0 Å². The van der Waals surface area contributed by atoms with E-state index in [9.17, 15) is 9.59 Å². The maximum Gasteiger partial charge on any atom is 0.252 e. The highest BCUT2D eigenvalue weighted by Gasteiger charge is 2.26. The molecule has 0 atom stereocenters. The molecule has 1 aliphatic carbocycles. The number of carbonyl (C=O) groups excluding carboxylic acids is 1. The Kier molecular flexibility index (Phi) is 3.59. The van der Waals surface area contributed by atoms with E-state index in [1.165, 1.54) is 6.07 Å². The number of carbonyl (C=O) groups is 1. The summed E-state index contributed by atoms with van der Waals surface area (Å²) in [6.45, 7) is 5.86. The highest BCUT2D eigenvalue weighted by Crippen LogP contribution is 2.37. The van der Waals surface area contributed by atoms with Crippen molar-refractivity contribution in [3.05, 3.63) is 22.2 Å². The van der Waals surface area contributed by atoms with Crippen LogP contribution in [-0.4, -0.2) is 28.0 Å². The fourth-order valence-electron chi connectivity index (χ4n) is 1.75. The van der Waals surface area contributed by atoms with Gasteiger partial charge in [0.2, 0.25) is 5.91 Å². The van der Waals surface area contributed by atoms with Crippen molar-refractivity contribution >= 4 is 11.7 Å². The SMILES string of the molecule is CC(C)(C)NC(=O)CNc1cc(=O)[nH]c(C2CC2)n1. The van der Waals surface area contributed by atoms with Gasteiger partial charge in [-0.3, -0.25) is 9.59 Å². The molecule has 0 unspecified atom stereocenters. The third-order valence-electron chi connectivity index (χ3n) is 2.67. The van der Waals surface area contributed by atoms with E-state index in [4.69, 9.17) is 0 Å². The minimum atomic E-state index is -0.264. The van der Waals surface area contributed by atoms with Crippen LogP contribution in [0, 0.1) is 0 Å². The van der Waals surface area contributed by atoms with Gasteiger partial charge in [0, 0.05) is 17.5 Å². The zero-order valence-electron chi connectivity index (χ0n) is 11.5. The summed E-state index contributed by atoms with van der Waals surface area (Å²) in [6.07, 6.45) is 2.13. The number of hydrogen-bond acceptors (Lipinski definition) is 4. The van der Waals surface area contributed by atoms with Crippen LogP contribution >= 0.6 is 0 Å². The number of anilines is 1. The molecule has 6 heteroatoms. The Bertz CT molecular complexity index is 526. The number of H-pyrrole nitrogens is 1. The number of amides is 1. The summed E-state index contributed by atoms with van der Waals surface area (Å²) in [4.78, 5) is 30.2. The van der Waals surface area contributed by atoms with Gasteiger partial charge in [-0.25, -0.2) is 4.98 Å². The number of aromatic amines is 1. The molecule has 19 heavy (non-hydrogen) atoms. The highest BCUT2D eigenvalue weighted by atomic mass is 16.2. The normalized spacial score (nSPS) is 15.1. The summed E-state index contributed by atoms with van der Waals surface area (Å²) in [6, 6.07) is 1.37. The van der Waals surface area contributed by atoms with Crippen LogP contribution < -0.4 is 16.2 Å². The Morgan fingerprint density at radius 1 is 1.47 bits per heavy atom. The van der Waals surface area contributed by atoms with E-state index in [1.54, 1.807) is 0 Å². The summed E-state index contributed by atoms with van der Waals surface area (Å²) in [7, 11) is 0. The number of aromatic nitrogens is 2. The zero-order chi connectivity index (χ0) is 14.0. The molecule has 0 spiro atoms. The van der Waals surface area contributed by atoms with Crippen LogP contribution in [0.25, 0.3) is 0 Å². The van der Waals surface area contributed by atoms with Gasteiger partial charge < -0.3 is 15.6 Å². The predicted octanol–water partition coefficient (Wildman–Crippen LogP) is 0.974. The molecule has 104 valence electrons. The Morgan fingerprint density at radius 2 is 2.16 bits per heavy atom. The summed E-state index contributed by atoms with van der Waals surface area (Å²) in [5.74, 6) is 1.42. The molecule has 3 N–H and O–H groups in total. The molecule has 1 aliphatic rings. The van der Waals surface area contributed by atoms with Gasteiger partial charge in [0.05, 0.1) is 6.54 Å². The van der Waals surface area contributed by atoms with E-state index in [0.29, 0.717) is 17.6 Å². The number of hydrogen-bond donors (Lipinski definition) is 3. The average molecular weight is 264 g/mol. The van der Waals surface area contributed by atoms with Gasteiger partial charge >= 0.3 is 0 Å². The van der Waals surface area contributed by atoms with Gasteiger partial charge in [0.25, 0.3) is 5.56 Å². The summed E-state index contributed by atoms with van der Waals surface area (Å²) >= 11 is 0.